The summed E-state index contributed by atoms with van der Waals surface area (Å²) >= 11 is 0. The number of rotatable bonds is 6. The number of hydrogen-bond acceptors (Lipinski definition) is 5. The molecular weight excluding hydrogens is 361 g/mol. The van der Waals surface area contributed by atoms with Crippen LogP contribution in [0.25, 0.3) is 11.0 Å². The van der Waals surface area contributed by atoms with Gasteiger partial charge in [0.25, 0.3) is 5.91 Å². The van der Waals surface area contributed by atoms with Crippen LogP contribution in [0, 0.1) is 5.82 Å². The van der Waals surface area contributed by atoms with E-state index in [1.54, 1.807) is 19.2 Å². The predicted octanol–water partition coefficient (Wildman–Crippen LogP) is 2.50. The number of halogens is 1. The molecule has 26 heavy (non-hydrogen) atoms. The number of pyridine rings is 1. The number of nitrogens with one attached hydrogen (secondary N) is 3. The summed E-state index contributed by atoms with van der Waals surface area (Å²) in [7, 11) is -3.67. The second-order valence-corrected chi connectivity index (χ2v) is 7.42. The molecule has 0 aliphatic rings. The Morgan fingerprint density at radius 3 is 2.88 bits per heavy atom. The van der Waals surface area contributed by atoms with Crippen molar-refractivity contribution in [2.75, 3.05) is 15.8 Å². The lowest BCUT2D eigenvalue weighted by Gasteiger charge is -2.11. The van der Waals surface area contributed by atoms with Gasteiger partial charge in [0, 0.05) is 5.39 Å². The Morgan fingerprint density at radius 2 is 2.12 bits per heavy atom. The molecule has 0 fully saturated rings. The average Bonchev–Trinajstić information content (AvgIpc) is 3.04. The van der Waals surface area contributed by atoms with Crippen molar-refractivity contribution < 1.29 is 17.6 Å². The van der Waals surface area contributed by atoms with Crippen LogP contribution in [-0.4, -0.2) is 35.3 Å². The minimum atomic E-state index is -3.67. The number of amides is 1. The highest BCUT2D eigenvalue weighted by atomic mass is 32.2. The van der Waals surface area contributed by atoms with E-state index in [9.17, 15) is 17.6 Å². The van der Waals surface area contributed by atoms with Crippen LogP contribution >= 0.6 is 0 Å². The van der Waals surface area contributed by atoms with E-state index in [0.29, 0.717) is 23.1 Å². The highest BCUT2D eigenvalue weighted by Crippen LogP contribution is 2.21. The van der Waals surface area contributed by atoms with Gasteiger partial charge in [-0.25, -0.2) is 17.8 Å². The maximum atomic E-state index is 14.6. The van der Waals surface area contributed by atoms with Gasteiger partial charge in [0.2, 0.25) is 10.0 Å². The predicted molar refractivity (Wildman–Crippen MR) is 95.9 cm³/mol. The van der Waals surface area contributed by atoms with Crippen LogP contribution in [-0.2, 0) is 10.0 Å². The zero-order valence-corrected chi connectivity index (χ0v) is 14.6. The third kappa shape index (κ3) is 3.80. The molecule has 1 amide bonds. The molecule has 0 radical (unpaired) electrons. The fourth-order valence-electron chi connectivity index (χ4n) is 2.38. The fraction of sp³-hybridized carbons (Fsp3) is 0.188. The highest BCUT2D eigenvalue weighted by molar-refractivity contribution is 7.92. The summed E-state index contributed by atoms with van der Waals surface area (Å²) in [6.45, 7) is 1.70. The lowest BCUT2D eigenvalue weighted by Crippen LogP contribution is -2.19. The van der Waals surface area contributed by atoms with Crippen LogP contribution in [0.3, 0.4) is 0 Å². The fourth-order valence-corrected chi connectivity index (χ4v) is 3.51. The Kier molecular flexibility index (Phi) is 4.85. The number of aromatic amines is 1. The normalized spacial score (nSPS) is 11.5. The molecule has 8 nitrogen and oxygen atoms in total. The molecule has 3 N–H and O–H groups in total. The summed E-state index contributed by atoms with van der Waals surface area (Å²) in [5.74, 6) is -1.80. The van der Waals surface area contributed by atoms with Crippen molar-refractivity contribution in [3.63, 3.8) is 0 Å². The Hall–Kier alpha value is -3.01. The van der Waals surface area contributed by atoms with Crippen LogP contribution in [0.2, 0.25) is 0 Å². The number of anilines is 2. The summed E-state index contributed by atoms with van der Waals surface area (Å²) in [5, 5.41) is 9.73. The second-order valence-electron chi connectivity index (χ2n) is 5.57. The highest BCUT2D eigenvalue weighted by Gasteiger charge is 2.18. The molecule has 10 heteroatoms. The Labute approximate surface area is 148 Å². The van der Waals surface area contributed by atoms with Gasteiger partial charge in [-0.15, -0.1) is 0 Å². The maximum Gasteiger partial charge on any atom is 0.258 e. The SMILES string of the molecule is CCCS(=O)(=O)Nc1cccc(C(=O)Nc2cnc3[nH]ncc3c2)c1F. The first-order valence-electron chi connectivity index (χ1n) is 7.79. The Morgan fingerprint density at radius 1 is 1.31 bits per heavy atom. The molecule has 1 aromatic carbocycles. The second kappa shape index (κ2) is 7.08. The summed E-state index contributed by atoms with van der Waals surface area (Å²) < 4.78 is 40.4. The topological polar surface area (TPSA) is 117 Å². The van der Waals surface area contributed by atoms with Crippen molar-refractivity contribution >= 4 is 38.3 Å². The van der Waals surface area contributed by atoms with Crippen LogP contribution in [0.1, 0.15) is 23.7 Å². The number of H-pyrrole nitrogens is 1. The van der Waals surface area contributed by atoms with Gasteiger partial charge in [0.05, 0.1) is 35.1 Å². The molecule has 0 bridgehead atoms. The van der Waals surface area contributed by atoms with Crippen LogP contribution in [0.15, 0.2) is 36.7 Å². The third-order valence-corrected chi connectivity index (χ3v) is 5.01. The van der Waals surface area contributed by atoms with Crippen molar-refractivity contribution in [2.24, 2.45) is 0 Å². The van der Waals surface area contributed by atoms with E-state index < -0.39 is 21.7 Å². The number of nitrogens with zero attached hydrogens (tertiary/aromatic N) is 2. The van der Waals surface area contributed by atoms with E-state index in [2.05, 4.69) is 25.2 Å². The molecule has 2 aromatic heterocycles. The largest absolute Gasteiger partial charge is 0.320 e. The summed E-state index contributed by atoms with van der Waals surface area (Å²) in [4.78, 5) is 16.5. The molecule has 0 saturated carbocycles. The van der Waals surface area contributed by atoms with Gasteiger partial charge in [-0.05, 0) is 24.6 Å². The minimum absolute atomic E-state index is 0.140. The molecule has 3 rings (SSSR count). The number of carbonyl (C=O) groups is 1. The molecular formula is C16H16FN5O3S. The van der Waals surface area contributed by atoms with Crippen molar-refractivity contribution in [2.45, 2.75) is 13.3 Å². The third-order valence-electron chi connectivity index (χ3n) is 3.53. The number of hydrogen-bond donors (Lipinski definition) is 3. The monoisotopic (exact) mass is 377 g/mol. The first-order chi connectivity index (χ1) is 12.4. The van der Waals surface area contributed by atoms with E-state index in [1.807, 2.05) is 0 Å². The molecule has 0 aliphatic heterocycles. The summed E-state index contributed by atoms with van der Waals surface area (Å²) in [6, 6.07) is 5.57. The molecule has 0 atom stereocenters. The lowest BCUT2D eigenvalue weighted by atomic mass is 10.1. The van der Waals surface area contributed by atoms with Gasteiger partial charge in [-0.2, -0.15) is 5.10 Å². The van der Waals surface area contributed by atoms with E-state index in [4.69, 9.17) is 0 Å². The summed E-state index contributed by atoms with van der Waals surface area (Å²) in [5.41, 5.74) is 0.366. The minimum Gasteiger partial charge on any atom is -0.320 e. The van der Waals surface area contributed by atoms with Crippen molar-refractivity contribution in [1.82, 2.24) is 15.2 Å². The number of aromatic nitrogens is 3. The zero-order valence-electron chi connectivity index (χ0n) is 13.8. The van der Waals surface area contributed by atoms with Gasteiger partial charge < -0.3 is 5.32 Å². The quantitative estimate of drug-likeness (QED) is 0.610. The molecule has 0 aliphatic carbocycles. The van der Waals surface area contributed by atoms with Crippen molar-refractivity contribution in [3.05, 3.63) is 48.0 Å². The zero-order chi connectivity index (χ0) is 18.7. The van der Waals surface area contributed by atoms with Crippen LogP contribution < -0.4 is 10.0 Å². The lowest BCUT2D eigenvalue weighted by molar-refractivity contribution is 0.102. The Balaban J connectivity index is 1.84. The maximum absolute atomic E-state index is 14.6. The molecule has 0 spiro atoms. The van der Waals surface area contributed by atoms with Gasteiger partial charge in [0.15, 0.2) is 11.5 Å². The molecule has 0 saturated heterocycles. The molecule has 0 unspecified atom stereocenters. The standard InChI is InChI=1S/C16H16FN5O3S/c1-2-6-26(24,25)22-13-5-3-4-12(14(13)17)16(23)20-11-7-10-8-19-21-15(10)18-9-11/h3-5,7-9,22H,2,6H2,1H3,(H,20,23)(H,18,19,21). The molecule has 136 valence electrons. The van der Waals surface area contributed by atoms with Gasteiger partial charge in [-0.1, -0.05) is 13.0 Å². The van der Waals surface area contributed by atoms with E-state index in [0.717, 1.165) is 0 Å². The molecule has 2 heterocycles. The number of sulfonamides is 1. The van der Waals surface area contributed by atoms with E-state index in [-0.39, 0.29) is 17.0 Å². The summed E-state index contributed by atoms with van der Waals surface area (Å²) in [6.07, 6.45) is 3.34. The van der Waals surface area contributed by atoms with E-state index >= 15 is 0 Å². The van der Waals surface area contributed by atoms with Gasteiger partial charge in [0.1, 0.15) is 0 Å². The smallest absolute Gasteiger partial charge is 0.258 e. The number of fused-ring (bicyclic) bond motifs is 1. The number of benzene rings is 1. The van der Waals surface area contributed by atoms with Gasteiger partial charge in [-0.3, -0.25) is 14.6 Å². The molecule has 3 aromatic rings. The van der Waals surface area contributed by atoms with Crippen molar-refractivity contribution in [1.29, 1.82) is 0 Å². The van der Waals surface area contributed by atoms with Crippen LogP contribution in [0.4, 0.5) is 15.8 Å². The van der Waals surface area contributed by atoms with Crippen LogP contribution in [0.5, 0.6) is 0 Å². The first-order valence-corrected chi connectivity index (χ1v) is 9.44. The average molecular weight is 377 g/mol. The number of carbonyl (C=O) groups excluding carboxylic acids is 1. The Bertz CT molecular complexity index is 1060. The van der Waals surface area contributed by atoms with Crippen molar-refractivity contribution in [3.8, 4) is 0 Å². The first kappa shape index (κ1) is 17.8. The van der Waals surface area contributed by atoms with E-state index in [1.165, 1.54) is 24.4 Å². The van der Waals surface area contributed by atoms with Gasteiger partial charge >= 0.3 is 0 Å².